The largest absolute Gasteiger partial charge is 0.355 e. The number of halogens is 2. The van der Waals surface area contributed by atoms with Crippen molar-refractivity contribution in [1.29, 1.82) is 0 Å². The summed E-state index contributed by atoms with van der Waals surface area (Å²) in [6.07, 6.45) is 3.52. The van der Waals surface area contributed by atoms with E-state index in [9.17, 15) is 9.18 Å². The van der Waals surface area contributed by atoms with E-state index in [-0.39, 0.29) is 11.1 Å². The molecule has 2 saturated heterocycles. The number of likely N-dealkylation sites (tertiary alicyclic amines) is 1. The van der Waals surface area contributed by atoms with Crippen LogP contribution in [0.5, 0.6) is 0 Å². The van der Waals surface area contributed by atoms with Crippen LogP contribution in [0.2, 0.25) is 5.02 Å². The first-order valence-corrected chi connectivity index (χ1v) is 11.1. The fourth-order valence-electron chi connectivity index (χ4n) is 4.59. The Hall–Kier alpha value is -2.51. The lowest BCUT2D eigenvalue weighted by Crippen LogP contribution is -2.53. The van der Waals surface area contributed by atoms with Crippen LogP contribution in [0.4, 0.5) is 10.2 Å². The number of anilines is 1. The smallest absolute Gasteiger partial charge is 0.263 e. The number of aryl methyl sites for hydroxylation is 1. The molecule has 1 atom stereocenters. The third kappa shape index (κ3) is 3.59. The lowest BCUT2D eigenvalue weighted by Gasteiger charge is -2.44. The second-order valence-electron chi connectivity index (χ2n) is 8.50. The molecule has 0 bridgehead atoms. The number of fused-ring (bicyclic) bond motifs is 1. The van der Waals surface area contributed by atoms with Crippen LogP contribution in [0.3, 0.4) is 0 Å². The fourth-order valence-corrected chi connectivity index (χ4v) is 4.75. The van der Waals surface area contributed by atoms with E-state index < -0.39 is 5.82 Å². The molecular weight excluding hydrogens is 417 g/mol. The molecule has 3 aromatic rings. The molecule has 0 amide bonds. The van der Waals surface area contributed by atoms with Crippen LogP contribution in [-0.4, -0.2) is 51.7 Å². The molecule has 2 aromatic heterocycles. The van der Waals surface area contributed by atoms with Crippen molar-refractivity contribution in [1.82, 2.24) is 19.4 Å². The second-order valence-corrected chi connectivity index (χ2v) is 8.94. The van der Waals surface area contributed by atoms with Crippen molar-refractivity contribution in [2.75, 3.05) is 31.1 Å². The Kier molecular flexibility index (Phi) is 5.18. The first-order chi connectivity index (χ1) is 14.9. The van der Waals surface area contributed by atoms with Crippen molar-refractivity contribution >= 4 is 28.3 Å². The van der Waals surface area contributed by atoms with Crippen LogP contribution < -0.4 is 10.5 Å². The zero-order chi connectivity index (χ0) is 21.7. The molecule has 0 aliphatic carbocycles. The second kappa shape index (κ2) is 7.88. The first-order valence-electron chi connectivity index (χ1n) is 10.7. The number of rotatable bonds is 3. The lowest BCUT2D eigenvalue weighted by atomic mass is 10.0. The van der Waals surface area contributed by atoms with Gasteiger partial charge in [0.2, 0.25) is 0 Å². The van der Waals surface area contributed by atoms with Crippen LogP contribution in [0.25, 0.3) is 22.2 Å². The molecule has 2 fully saturated rings. The zero-order valence-corrected chi connectivity index (χ0v) is 18.5. The highest BCUT2D eigenvalue weighted by atomic mass is 35.5. The van der Waals surface area contributed by atoms with Gasteiger partial charge in [0.1, 0.15) is 17.5 Å². The Morgan fingerprint density at radius 1 is 1.13 bits per heavy atom. The van der Waals surface area contributed by atoms with Gasteiger partial charge in [-0.05, 0) is 57.5 Å². The number of pyridine rings is 1. The Balaban J connectivity index is 1.68. The van der Waals surface area contributed by atoms with E-state index in [0.29, 0.717) is 33.5 Å². The van der Waals surface area contributed by atoms with Crippen LogP contribution in [-0.2, 0) is 7.05 Å². The molecule has 2 aliphatic heterocycles. The summed E-state index contributed by atoms with van der Waals surface area (Å²) >= 11 is 5.97. The maximum absolute atomic E-state index is 14.9. The third-order valence-corrected chi connectivity index (χ3v) is 6.82. The SMILES string of the molecule is Cc1nc2cc(N3CCC[C@@H](N4CCC4)C3)nc(-c3ccc(Cl)cc3F)c2c(=O)n1C. The van der Waals surface area contributed by atoms with E-state index in [1.807, 2.05) is 6.07 Å². The molecule has 8 heteroatoms. The number of hydrogen-bond donors (Lipinski definition) is 0. The van der Waals surface area contributed by atoms with E-state index in [4.69, 9.17) is 16.6 Å². The average molecular weight is 442 g/mol. The van der Waals surface area contributed by atoms with Gasteiger partial charge in [0, 0.05) is 42.8 Å². The highest BCUT2D eigenvalue weighted by Gasteiger charge is 2.30. The molecule has 0 unspecified atom stereocenters. The summed E-state index contributed by atoms with van der Waals surface area (Å²) in [5, 5.41) is 0.631. The number of hydrogen-bond acceptors (Lipinski definition) is 5. The van der Waals surface area contributed by atoms with E-state index >= 15 is 0 Å². The van der Waals surface area contributed by atoms with Gasteiger partial charge < -0.3 is 4.90 Å². The van der Waals surface area contributed by atoms with E-state index in [2.05, 4.69) is 14.8 Å². The first kappa shape index (κ1) is 20.4. The molecule has 0 N–H and O–H groups in total. The topological polar surface area (TPSA) is 54.3 Å². The molecule has 1 aromatic carbocycles. The Morgan fingerprint density at radius 2 is 1.94 bits per heavy atom. The Labute approximate surface area is 185 Å². The maximum atomic E-state index is 14.9. The minimum atomic E-state index is -0.502. The summed E-state index contributed by atoms with van der Waals surface area (Å²) in [4.78, 5) is 27.3. The molecule has 31 heavy (non-hydrogen) atoms. The maximum Gasteiger partial charge on any atom is 0.263 e. The minimum Gasteiger partial charge on any atom is -0.355 e. The quantitative estimate of drug-likeness (QED) is 0.619. The van der Waals surface area contributed by atoms with Gasteiger partial charge in [-0.1, -0.05) is 11.6 Å². The number of aromatic nitrogens is 3. The van der Waals surface area contributed by atoms with Gasteiger partial charge in [0.25, 0.3) is 5.56 Å². The number of benzene rings is 1. The standard InChI is InChI=1S/C23H25ClFN5O/c1-14-26-19-12-20(30-8-3-5-16(13-30)29-9-4-10-29)27-22(21(19)23(31)28(14)2)17-7-6-15(24)11-18(17)25/h6-7,11-12,16H,3-5,8-10,13H2,1-2H3/t16-/m1/s1. The van der Waals surface area contributed by atoms with Crippen LogP contribution in [0, 0.1) is 12.7 Å². The molecule has 0 saturated carbocycles. The summed E-state index contributed by atoms with van der Waals surface area (Å²) in [7, 11) is 1.67. The summed E-state index contributed by atoms with van der Waals surface area (Å²) in [5.41, 5.74) is 0.889. The lowest BCUT2D eigenvalue weighted by molar-refractivity contribution is 0.106. The van der Waals surface area contributed by atoms with Gasteiger partial charge in [0.15, 0.2) is 0 Å². The van der Waals surface area contributed by atoms with Crippen molar-refractivity contribution in [2.45, 2.75) is 32.2 Å². The van der Waals surface area contributed by atoms with Crippen molar-refractivity contribution in [2.24, 2.45) is 7.05 Å². The van der Waals surface area contributed by atoms with E-state index in [1.165, 1.54) is 23.5 Å². The normalized spacial score (nSPS) is 19.6. The van der Waals surface area contributed by atoms with Crippen molar-refractivity contribution < 1.29 is 4.39 Å². The Morgan fingerprint density at radius 3 is 2.65 bits per heavy atom. The predicted octanol–water partition coefficient (Wildman–Crippen LogP) is 3.77. The molecule has 2 aliphatic rings. The number of piperidine rings is 1. The molecule has 5 rings (SSSR count). The van der Waals surface area contributed by atoms with Gasteiger partial charge in [-0.15, -0.1) is 0 Å². The highest BCUT2D eigenvalue weighted by molar-refractivity contribution is 6.30. The van der Waals surface area contributed by atoms with Crippen LogP contribution >= 0.6 is 11.6 Å². The number of nitrogens with zero attached hydrogens (tertiary/aromatic N) is 5. The molecule has 0 radical (unpaired) electrons. The molecule has 4 heterocycles. The van der Waals surface area contributed by atoms with E-state index in [0.717, 1.165) is 38.4 Å². The van der Waals surface area contributed by atoms with Gasteiger partial charge in [-0.2, -0.15) is 0 Å². The van der Waals surface area contributed by atoms with Gasteiger partial charge in [-0.25, -0.2) is 14.4 Å². The monoisotopic (exact) mass is 441 g/mol. The fraction of sp³-hybridized carbons (Fsp3) is 0.435. The zero-order valence-electron chi connectivity index (χ0n) is 17.7. The molecular formula is C23H25ClFN5O. The van der Waals surface area contributed by atoms with Gasteiger partial charge in [-0.3, -0.25) is 14.3 Å². The van der Waals surface area contributed by atoms with Crippen molar-refractivity contribution in [3.05, 3.63) is 51.3 Å². The summed E-state index contributed by atoms with van der Waals surface area (Å²) in [6, 6.07) is 6.84. The predicted molar refractivity (Wildman–Crippen MR) is 121 cm³/mol. The van der Waals surface area contributed by atoms with Gasteiger partial charge in [0.05, 0.1) is 16.6 Å². The van der Waals surface area contributed by atoms with Crippen molar-refractivity contribution in [3.8, 4) is 11.3 Å². The van der Waals surface area contributed by atoms with Crippen molar-refractivity contribution in [3.63, 3.8) is 0 Å². The van der Waals surface area contributed by atoms with E-state index in [1.54, 1.807) is 26.1 Å². The summed E-state index contributed by atoms with van der Waals surface area (Å²) in [6.45, 7) is 5.87. The average Bonchev–Trinajstić information content (AvgIpc) is 2.70. The molecule has 6 nitrogen and oxygen atoms in total. The van der Waals surface area contributed by atoms with Gasteiger partial charge >= 0.3 is 0 Å². The molecule has 0 spiro atoms. The molecule has 162 valence electrons. The van der Waals surface area contributed by atoms with Crippen LogP contribution in [0.1, 0.15) is 25.1 Å². The third-order valence-electron chi connectivity index (χ3n) is 6.59. The summed E-state index contributed by atoms with van der Waals surface area (Å²) in [5.74, 6) is 0.842. The summed E-state index contributed by atoms with van der Waals surface area (Å²) < 4.78 is 16.4. The highest BCUT2D eigenvalue weighted by Crippen LogP contribution is 2.32. The van der Waals surface area contributed by atoms with Crippen LogP contribution in [0.15, 0.2) is 29.1 Å². The Bertz CT molecular complexity index is 1220. The minimum absolute atomic E-state index is 0.233.